The Balaban J connectivity index is 1.36. The van der Waals surface area contributed by atoms with E-state index in [4.69, 9.17) is 16.6 Å². The van der Waals surface area contributed by atoms with Gasteiger partial charge in [-0.3, -0.25) is 9.99 Å². The molecule has 4 aromatic rings. The van der Waals surface area contributed by atoms with E-state index in [0.29, 0.717) is 18.1 Å². The van der Waals surface area contributed by atoms with E-state index in [1.54, 1.807) is 11.2 Å². The Kier molecular flexibility index (Phi) is 5.56. The van der Waals surface area contributed by atoms with E-state index >= 15 is 0 Å². The lowest BCUT2D eigenvalue weighted by atomic mass is 10.1. The van der Waals surface area contributed by atoms with Crippen molar-refractivity contribution in [1.29, 1.82) is 0 Å². The first-order valence-electron chi connectivity index (χ1n) is 11.0. The number of rotatable bonds is 5. The molecule has 0 amide bonds. The molecule has 0 aliphatic carbocycles. The normalized spacial score (nSPS) is 14.0. The standard InChI is InChI=1S/C25H27N7/c26-21-8-10-23(20-7-11-24(29-16-20)31-13-2-1-3-14-31)30-25(21)32(27)17-18-6-9-22-19(15-18)5-4-12-28-22/h4-12,15-16H,1-3,13-14,17,26-27H2. The minimum Gasteiger partial charge on any atom is -0.396 e. The molecule has 162 valence electrons. The number of nitrogens with zero attached hydrogens (tertiary/aromatic N) is 5. The molecule has 0 unspecified atom stereocenters. The molecule has 7 heteroatoms. The number of fused-ring (bicyclic) bond motifs is 1. The lowest BCUT2D eigenvalue weighted by Crippen LogP contribution is -2.31. The molecule has 4 N–H and O–H groups in total. The summed E-state index contributed by atoms with van der Waals surface area (Å²) in [5, 5.41) is 2.67. The molecule has 1 saturated heterocycles. The van der Waals surface area contributed by atoms with Gasteiger partial charge in [0.05, 0.1) is 23.4 Å². The molecule has 7 nitrogen and oxygen atoms in total. The number of hydrogen-bond donors (Lipinski definition) is 2. The van der Waals surface area contributed by atoms with E-state index in [-0.39, 0.29) is 0 Å². The zero-order chi connectivity index (χ0) is 21.9. The number of nitrogens with two attached hydrogens (primary N) is 2. The van der Waals surface area contributed by atoms with Gasteiger partial charge in [0, 0.05) is 36.4 Å². The lowest BCUT2D eigenvalue weighted by molar-refractivity contribution is 0.573. The second kappa shape index (κ2) is 8.80. The third kappa shape index (κ3) is 4.20. The number of anilines is 3. The minimum atomic E-state index is 0.484. The zero-order valence-corrected chi connectivity index (χ0v) is 18.0. The molecular formula is C25H27N7. The maximum absolute atomic E-state index is 6.39. The van der Waals surface area contributed by atoms with Gasteiger partial charge in [-0.2, -0.15) is 0 Å². The highest BCUT2D eigenvalue weighted by atomic mass is 15.4. The predicted molar refractivity (Wildman–Crippen MR) is 130 cm³/mol. The van der Waals surface area contributed by atoms with E-state index in [2.05, 4.69) is 33.1 Å². The van der Waals surface area contributed by atoms with Gasteiger partial charge >= 0.3 is 0 Å². The molecule has 1 aromatic carbocycles. The third-order valence-corrected chi connectivity index (χ3v) is 5.92. The summed E-state index contributed by atoms with van der Waals surface area (Å²) in [7, 11) is 0. The monoisotopic (exact) mass is 425 g/mol. The molecule has 32 heavy (non-hydrogen) atoms. The van der Waals surface area contributed by atoms with E-state index in [1.807, 2.05) is 42.6 Å². The summed E-state index contributed by atoms with van der Waals surface area (Å²) in [6, 6.07) is 18.0. The highest BCUT2D eigenvalue weighted by Gasteiger charge is 2.14. The van der Waals surface area contributed by atoms with Gasteiger partial charge in [-0.25, -0.2) is 15.8 Å². The van der Waals surface area contributed by atoms with Crippen molar-refractivity contribution in [3.05, 3.63) is 72.6 Å². The van der Waals surface area contributed by atoms with E-state index in [0.717, 1.165) is 46.6 Å². The van der Waals surface area contributed by atoms with E-state index in [9.17, 15) is 0 Å². The van der Waals surface area contributed by atoms with Crippen molar-refractivity contribution in [2.45, 2.75) is 25.8 Å². The van der Waals surface area contributed by atoms with Gasteiger partial charge in [0.1, 0.15) is 5.82 Å². The second-order valence-electron chi connectivity index (χ2n) is 8.22. The average molecular weight is 426 g/mol. The van der Waals surface area contributed by atoms with Gasteiger partial charge < -0.3 is 10.6 Å². The predicted octanol–water partition coefficient (Wildman–Crippen LogP) is 4.14. The Morgan fingerprint density at radius 1 is 0.938 bits per heavy atom. The summed E-state index contributed by atoms with van der Waals surface area (Å²) in [6.45, 7) is 2.63. The molecule has 0 spiro atoms. The van der Waals surface area contributed by atoms with Crippen LogP contribution < -0.4 is 21.5 Å². The summed E-state index contributed by atoms with van der Waals surface area (Å²) >= 11 is 0. The summed E-state index contributed by atoms with van der Waals surface area (Å²) < 4.78 is 0. The third-order valence-electron chi connectivity index (χ3n) is 5.92. The Hall–Kier alpha value is -3.71. The first-order valence-corrected chi connectivity index (χ1v) is 11.0. The quantitative estimate of drug-likeness (QED) is 0.366. The van der Waals surface area contributed by atoms with Gasteiger partial charge in [0.25, 0.3) is 0 Å². The zero-order valence-electron chi connectivity index (χ0n) is 18.0. The van der Waals surface area contributed by atoms with Crippen molar-refractivity contribution in [2.75, 3.05) is 28.7 Å². The highest BCUT2D eigenvalue weighted by molar-refractivity contribution is 5.79. The topological polar surface area (TPSA) is 97.2 Å². The van der Waals surface area contributed by atoms with Gasteiger partial charge in [-0.05, 0) is 67.3 Å². The Morgan fingerprint density at radius 2 is 1.81 bits per heavy atom. The molecular weight excluding hydrogens is 398 g/mol. The Bertz CT molecular complexity index is 1220. The maximum atomic E-state index is 6.39. The molecule has 5 rings (SSSR count). The lowest BCUT2D eigenvalue weighted by Gasteiger charge is -2.27. The van der Waals surface area contributed by atoms with Gasteiger partial charge in [0.2, 0.25) is 0 Å². The summed E-state index contributed by atoms with van der Waals surface area (Å²) in [6.07, 6.45) is 7.43. The first-order chi connectivity index (χ1) is 15.7. The van der Waals surface area contributed by atoms with Crippen LogP contribution in [0.25, 0.3) is 22.2 Å². The van der Waals surface area contributed by atoms with Crippen LogP contribution in [0.4, 0.5) is 17.3 Å². The van der Waals surface area contributed by atoms with Crippen LogP contribution >= 0.6 is 0 Å². The van der Waals surface area contributed by atoms with Crippen molar-refractivity contribution in [3.8, 4) is 11.3 Å². The van der Waals surface area contributed by atoms with Crippen LogP contribution in [0.5, 0.6) is 0 Å². The molecule has 3 aromatic heterocycles. The smallest absolute Gasteiger partial charge is 0.166 e. The Morgan fingerprint density at radius 3 is 2.62 bits per heavy atom. The molecule has 1 fully saturated rings. The average Bonchev–Trinajstić information content (AvgIpc) is 2.85. The van der Waals surface area contributed by atoms with Crippen LogP contribution in [-0.2, 0) is 6.54 Å². The van der Waals surface area contributed by atoms with Crippen LogP contribution in [0, 0.1) is 0 Å². The molecule has 0 radical (unpaired) electrons. The maximum Gasteiger partial charge on any atom is 0.166 e. The minimum absolute atomic E-state index is 0.484. The van der Waals surface area contributed by atoms with Crippen LogP contribution in [0.3, 0.4) is 0 Å². The highest BCUT2D eigenvalue weighted by Crippen LogP contribution is 2.27. The number of benzene rings is 1. The number of hydrazine groups is 1. The molecule has 0 bridgehead atoms. The summed E-state index contributed by atoms with van der Waals surface area (Å²) in [5.74, 6) is 7.97. The molecule has 0 saturated carbocycles. The number of pyridine rings is 3. The number of aromatic nitrogens is 3. The Labute approximate surface area is 187 Å². The molecule has 0 atom stereocenters. The number of nitrogen functional groups attached to an aromatic ring is 1. The largest absolute Gasteiger partial charge is 0.396 e. The molecule has 1 aliphatic heterocycles. The number of piperidine rings is 1. The van der Waals surface area contributed by atoms with Crippen molar-refractivity contribution in [2.24, 2.45) is 5.84 Å². The number of hydrogen-bond acceptors (Lipinski definition) is 7. The van der Waals surface area contributed by atoms with Crippen LogP contribution in [-0.4, -0.2) is 28.0 Å². The van der Waals surface area contributed by atoms with Crippen LogP contribution in [0.1, 0.15) is 24.8 Å². The van der Waals surface area contributed by atoms with Gasteiger partial charge in [-0.15, -0.1) is 0 Å². The van der Waals surface area contributed by atoms with Crippen LogP contribution in [0.2, 0.25) is 0 Å². The fourth-order valence-corrected chi connectivity index (χ4v) is 4.19. The fourth-order valence-electron chi connectivity index (χ4n) is 4.19. The van der Waals surface area contributed by atoms with E-state index < -0.39 is 0 Å². The van der Waals surface area contributed by atoms with Crippen molar-refractivity contribution >= 4 is 28.2 Å². The van der Waals surface area contributed by atoms with Crippen molar-refractivity contribution in [3.63, 3.8) is 0 Å². The summed E-state index contributed by atoms with van der Waals surface area (Å²) in [5.41, 5.74) is 10.5. The summed E-state index contributed by atoms with van der Waals surface area (Å²) in [4.78, 5) is 16.1. The fraction of sp³-hybridized carbons (Fsp3) is 0.240. The molecule has 4 heterocycles. The molecule has 1 aliphatic rings. The van der Waals surface area contributed by atoms with Gasteiger partial charge in [-0.1, -0.05) is 12.1 Å². The van der Waals surface area contributed by atoms with E-state index in [1.165, 1.54) is 19.3 Å². The first kappa shape index (κ1) is 20.2. The SMILES string of the molecule is Nc1ccc(-c2ccc(N3CCCCC3)nc2)nc1N(N)Cc1ccc2ncccc2c1. The second-order valence-corrected chi connectivity index (χ2v) is 8.22. The van der Waals surface area contributed by atoms with Crippen molar-refractivity contribution < 1.29 is 0 Å². The van der Waals surface area contributed by atoms with Crippen molar-refractivity contribution in [1.82, 2.24) is 15.0 Å². The van der Waals surface area contributed by atoms with Gasteiger partial charge in [0.15, 0.2) is 5.82 Å². The van der Waals surface area contributed by atoms with Crippen LogP contribution in [0.15, 0.2) is 67.0 Å².